The summed E-state index contributed by atoms with van der Waals surface area (Å²) in [7, 11) is 1.34. The number of likely N-dealkylation sites (tertiary alicyclic amines) is 2. The van der Waals surface area contributed by atoms with Gasteiger partial charge in [0.15, 0.2) is 6.10 Å². The number of nitrogens with zero attached hydrogens (tertiary/aromatic N) is 6. The van der Waals surface area contributed by atoms with E-state index in [1.54, 1.807) is 9.80 Å². The molecule has 0 saturated carbocycles. The van der Waals surface area contributed by atoms with Crippen LogP contribution in [0, 0.1) is 13.8 Å². The average molecular weight is 720 g/mol. The van der Waals surface area contributed by atoms with Crippen LogP contribution in [0.15, 0.2) is 36.4 Å². The molecule has 14 nitrogen and oxygen atoms in total. The largest absolute Gasteiger partial charge is 0.507 e. The number of phenols is 1. The second kappa shape index (κ2) is 16.5. The van der Waals surface area contributed by atoms with Crippen molar-refractivity contribution in [1.29, 1.82) is 0 Å². The van der Waals surface area contributed by atoms with E-state index in [9.17, 15) is 29.5 Å². The minimum absolute atomic E-state index is 0.00740. The van der Waals surface area contributed by atoms with Crippen molar-refractivity contribution in [3.05, 3.63) is 58.7 Å². The topological polar surface area (TPSA) is 149 Å². The number of aryl methyl sites for hydroxylation is 2. The van der Waals surface area contributed by atoms with Crippen molar-refractivity contribution in [2.45, 2.75) is 70.6 Å². The molecule has 4 aliphatic heterocycles. The van der Waals surface area contributed by atoms with Crippen LogP contribution in [0.2, 0.25) is 0 Å². The maximum Gasteiger partial charge on any atom is 0.410 e. The highest BCUT2D eigenvalue weighted by Gasteiger charge is 2.36. The Bertz CT molecular complexity index is 1590. The number of benzene rings is 2. The third kappa shape index (κ3) is 8.79. The predicted molar refractivity (Wildman–Crippen MR) is 194 cm³/mol. The molecule has 0 aromatic heterocycles. The summed E-state index contributed by atoms with van der Waals surface area (Å²) in [6.07, 6.45) is 2.43. The smallest absolute Gasteiger partial charge is 0.410 e. The van der Waals surface area contributed by atoms with Crippen molar-refractivity contribution < 1.29 is 34.2 Å². The Labute approximate surface area is 305 Å². The number of carbonyl (C=O) groups excluding carboxylic acids is 4. The molecule has 5 amide bonds. The number of amides is 5. The van der Waals surface area contributed by atoms with E-state index >= 15 is 0 Å². The van der Waals surface area contributed by atoms with Crippen LogP contribution in [0.4, 0.5) is 15.3 Å². The van der Waals surface area contributed by atoms with E-state index in [-0.39, 0.29) is 42.6 Å². The molecule has 3 saturated heterocycles. The van der Waals surface area contributed by atoms with Gasteiger partial charge in [-0.05, 0) is 74.3 Å². The number of hydrogen-bond donors (Lipinski definition) is 3. The van der Waals surface area contributed by atoms with E-state index in [0.717, 1.165) is 49.2 Å². The molecular weight excluding hydrogens is 666 g/mol. The fraction of sp³-hybridized carbons (Fsp3) is 0.579. The van der Waals surface area contributed by atoms with E-state index < -0.39 is 12.2 Å². The minimum atomic E-state index is -1.03. The number of hydroxylamine groups is 2. The highest BCUT2D eigenvalue weighted by molar-refractivity contribution is 5.91. The molecule has 0 bridgehead atoms. The van der Waals surface area contributed by atoms with Gasteiger partial charge < -0.3 is 29.9 Å². The van der Waals surface area contributed by atoms with Gasteiger partial charge in [0.25, 0.3) is 11.8 Å². The van der Waals surface area contributed by atoms with Gasteiger partial charge in [-0.15, -0.1) is 0 Å². The van der Waals surface area contributed by atoms with Gasteiger partial charge in [0, 0.05) is 90.1 Å². The van der Waals surface area contributed by atoms with Gasteiger partial charge in [0.05, 0.1) is 6.54 Å². The Hall–Kier alpha value is -4.40. The van der Waals surface area contributed by atoms with E-state index in [2.05, 4.69) is 15.1 Å². The maximum atomic E-state index is 14.1. The van der Waals surface area contributed by atoms with E-state index in [1.165, 1.54) is 7.05 Å². The molecule has 4 aliphatic rings. The van der Waals surface area contributed by atoms with Crippen molar-refractivity contribution in [2.24, 2.45) is 0 Å². The van der Waals surface area contributed by atoms with Gasteiger partial charge in [-0.1, -0.05) is 30.3 Å². The van der Waals surface area contributed by atoms with Crippen molar-refractivity contribution in [3.63, 3.8) is 0 Å². The Balaban J connectivity index is 1.05. The molecule has 1 atom stereocenters. The molecule has 282 valence electrons. The van der Waals surface area contributed by atoms with E-state index in [1.807, 2.05) is 55.1 Å². The first-order valence-electron chi connectivity index (χ1n) is 18.6. The number of ether oxygens (including phenoxy) is 1. The van der Waals surface area contributed by atoms with E-state index in [0.29, 0.717) is 80.9 Å². The van der Waals surface area contributed by atoms with Crippen molar-refractivity contribution >= 4 is 29.6 Å². The number of urea groups is 1. The van der Waals surface area contributed by atoms with Crippen LogP contribution in [-0.4, -0.2) is 154 Å². The molecular formula is C38H53N7O7. The molecule has 1 unspecified atom stereocenters. The number of rotatable bonds is 8. The predicted octanol–water partition coefficient (Wildman–Crippen LogP) is 3.07. The Morgan fingerprint density at radius 2 is 1.52 bits per heavy atom. The van der Waals surface area contributed by atoms with E-state index in [4.69, 9.17) is 4.74 Å². The van der Waals surface area contributed by atoms with Gasteiger partial charge in [0.2, 0.25) is 0 Å². The first-order chi connectivity index (χ1) is 25.0. The third-order valence-electron chi connectivity index (χ3n) is 11.2. The summed E-state index contributed by atoms with van der Waals surface area (Å²) in [6.45, 7) is 9.24. The summed E-state index contributed by atoms with van der Waals surface area (Å²) in [6, 6.07) is 11.7. The van der Waals surface area contributed by atoms with Crippen LogP contribution >= 0.6 is 0 Å². The van der Waals surface area contributed by atoms with Crippen LogP contribution in [-0.2, 0) is 27.2 Å². The lowest BCUT2D eigenvalue weighted by molar-refractivity contribution is -0.160. The van der Waals surface area contributed by atoms with Crippen LogP contribution in [0.1, 0.15) is 47.9 Å². The zero-order valence-corrected chi connectivity index (χ0v) is 30.6. The molecule has 0 aliphatic carbocycles. The first-order valence-corrected chi connectivity index (χ1v) is 18.6. The fourth-order valence-electron chi connectivity index (χ4n) is 8.10. The molecule has 3 fully saturated rings. The number of fused-ring (bicyclic) bond motifs is 1. The number of anilines is 1. The lowest BCUT2D eigenvalue weighted by atomic mass is 10.00. The number of aromatic hydroxyl groups is 1. The number of likely N-dealkylation sites (N-methyl/N-ethyl adjacent to an activating group) is 1. The van der Waals surface area contributed by atoms with Crippen LogP contribution in [0.3, 0.4) is 0 Å². The minimum Gasteiger partial charge on any atom is -0.507 e. The number of carbonyl (C=O) groups is 4. The number of para-hydroxylation sites is 1. The number of piperazine rings is 1. The highest BCUT2D eigenvalue weighted by Crippen LogP contribution is 2.27. The standard InChI is InChI=1S/C38H53N7O7/c1-26-22-28(23-27(2)35(26)47)24-33(36(48)43-20-18-42(19-21-43)30-9-13-41(14-10-30)25-34(46)40(3)51)52-38(50)44-15-11-31(12-16-44)45-17-8-29-6-4-5-7-32(29)39-37(45)49/h4-7,22-23,30-31,33,47,51H,8-21,24-25H2,1-3H3,(H,39,49). The molecule has 2 aromatic carbocycles. The molecule has 3 N–H and O–H groups in total. The van der Waals surface area contributed by atoms with Crippen molar-refractivity contribution in [2.75, 3.05) is 77.8 Å². The van der Waals surface area contributed by atoms with Gasteiger partial charge in [-0.3, -0.25) is 24.6 Å². The second-order valence-corrected chi connectivity index (χ2v) is 14.7. The SMILES string of the molecule is Cc1cc(CC(OC(=O)N2CCC(N3CCc4ccccc4NC3=O)CC2)C(=O)N2CCN(C3CCN(CC(=O)N(C)O)CC3)CC2)cc(C)c1O. The van der Waals surface area contributed by atoms with Crippen molar-refractivity contribution in [3.8, 4) is 5.75 Å². The summed E-state index contributed by atoms with van der Waals surface area (Å²) in [4.78, 5) is 62.6. The summed E-state index contributed by atoms with van der Waals surface area (Å²) in [5.74, 6) is -0.340. The first kappa shape index (κ1) is 37.4. The summed E-state index contributed by atoms with van der Waals surface area (Å²) in [5, 5.41) is 23.4. The van der Waals surface area contributed by atoms with Gasteiger partial charge in [-0.2, -0.15) is 0 Å². The fourth-order valence-corrected chi connectivity index (χ4v) is 8.10. The molecule has 4 heterocycles. The monoisotopic (exact) mass is 719 g/mol. The Kier molecular flexibility index (Phi) is 11.9. The summed E-state index contributed by atoms with van der Waals surface area (Å²) < 4.78 is 6.06. The quantitative estimate of drug-likeness (QED) is 0.277. The lowest BCUT2D eigenvalue weighted by Crippen LogP contribution is -2.57. The lowest BCUT2D eigenvalue weighted by Gasteiger charge is -2.43. The molecule has 0 spiro atoms. The summed E-state index contributed by atoms with van der Waals surface area (Å²) >= 11 is 0. The van der Waals surface area contributed by atoms with Crippen LogP contribution in [0.25, 0.3) is 0 Å². The Morgan fingerprint density at radius 3 is 2.17 bits per heavy atom. The molecule has 6 rings (SSSR count). The number of hydrogen-bond acceptors (Lipinski definition) is 9. The zero-order chi connectivity index (χ0) is 36.9. The Morgan fingerprint density at radius 1 is 0.885 bits per heavy atom. The van der Waals surface area contributed by atoms with Crippen LogP contribution in [0.5, 0.6) is 5.75 Å². The van der Waals surface area contributed by atoms with Gasteiger partial charge in [0.1, 0.15) is 5.75 Å². The molecule has 2 aromatic rings. The third-order valence-corrected chi connectivity index (χ3v) is 11.2. The number of piperidine rings is 2. The zero-order valence-electron chi connectivity index (χ0n) is 30.6. The molecule has 14 heteroatoms. The average Bonchev–Trinajstić information content (AvgIpc) is 3.31. The number of phenolic OH excluding ortho intramolecular Hbond substituents is 1. The highest BCUT2D eigenvalue weighted by atomic mass is 16.6. The van der Waals surface area contributed by atoms with Crippen LogP contribution < -0.4 is 5.32 Å². The number of nitrogens with one attached hydrogen (secondary N) is 1. The van der Waals surface area contributed by atoms with Gasteiger partial charge >= 0.3 is 12.1 Å². The van der Waals surface area contributed by atoms with Crippen molar-refractivity contribution in [1.82, 2.24) is 29.6 Å². The normalized spacial score (nSPS) is 20.2. The second-order valence-electron chi connectivity index (χ2n) is 14.7. The summed E-state index contributed by atoms with van der Waals surface area (Å²) in [5.41, 5.74) is 4.15. The molecule has 0 radical (unpaired) electrons. The van der Waals surface area contributed by atoms with Gasteiger partial charge in [-0.25, -0.2) is 14.7 Å². The molecule has 52 heavy (non-hydrogen) atoms. The maximum absolute atomic E-state index is 14.1.